The van der Waals surface area contributed by atoms with Gasteiger partial charge in [0.15, 0.2) is 0 Å². The zero-order valence-corrected chi connectivity index (χ0v) is 16.5. The number of nitrogens with zero attached hydrogens (tertiary/aromatic N) is 2. The summed E-state index contributed by atoms with van der Waals surface area (Å²) in [5.74, 6) is 0.454. The summed E-state index contributed by atoms with van der Waals surface area (Å²) in [4.78, 5) is 0. The number of aryl methyl sites for hydroxylation is 1. The van der Waals surface area contributed by atoms with E-state index >= 15 is 0 Å². The van der Waals surface area contributed by atoms with Gasteiger partial charge in [-0.3, -0.25) is 0 Å². The molecule has 0 unspecified atom stereocenters. The summed E-state index contributed by atoms with van der Waals surface area (Å²) in [5, 5.41) is 12.0. The van der Waals surface area contributed by atoms with Crippen molar-refractivity contribution >= 4 is 5.69 Å². The van der Waals surface area contributed by atoms with E-state index in [0.29, 0.717) is 17.3 Å². The zero-order valence-electron chi connectivity index (χ0n) is 16.5. The van der Waals surface area contributed by atoms with Gasteiger partial charge in [0, 0.05) is 16.8 Å². The second-order valence-electron chi connectivity index (χ2n) is 7.56. The number of rotatable bonds is 5. The van der Waals surface area contributed by atoms with Crippen LogP contribution in [0.25, 0.3) is 11.5 Å². The zero-order chi connectivity index (χ0) is 20.3. The Hall–Kier alpha value is -3.47. The number of fused-ring (bicyclic) bond motifs is 1. The van der Waals surface area contributed by atoms with Crippen molar-refractivity contribution in [3.05, 3.63) is 101 Å². The lowest BCUT2D eigenvalue weighted by Gasteiger charge is -2.23. The highest BCUT2D eigenvalue weighted by molar-refractivity contribution is 5.58. The van der Waals surface area contributed by atoms with Crippen molar-refractivity contribution in [1.29, 1.82) is 0 Å². The van der Waals surface area contributed by atoms with Crippen molar-refractivity contribution in [2.24, 2.45) is 0 Å². The van der Waals surface area contributed by atoms with Gasteiger partial charge in [-0.05, 0) is 61.1 Å². The predicted octanol–water partition coefficient (Wildman–Crippen LogP) is 5.96. The molecule has 5 rings (SSSR count). The molecule has 5 heteroatoms. The van der Waals surface area contributed by atoms with Gasteiger partial charge in [-0.2, -0.15) is 0 Å². The van der Waals surface area contributed by atoms with E-state index < -0.39 is 6.04 Å². The third kappa shape index (κ3) is 3.59. The van der Waals surface area contributed by atoms with E-state index in [9.17, 15) is 4.39 Å². The number of halogens is 1. The average molecular weight is 399 g/mol. The molecule has 30 heavy (non-hydrogen) atoms. The van der Waals surface area contributed by atoms with E-state index in [4.69, 9.17) is 4.42 Å². The molecule has 0 fully saturated rings. The number of benzene rings is 3. The van der Waals surface area contributed by atoms with Gasteiger partial charge in [-0.15, -0.1) is 10.2 Å². The second kappa shape index (κ2) is 8.11. The summed E-state index contributed by atoms with van der Waals surface area (Å²) in [7, 11) is 0. The molecule has 0 bridgehead atoms. The van der Waals surface area contributed by atoms with E-state index in [-0.39, 0.29) is 5.82 Å². The lowest BCUT2D eigenvalue weighted by atomic mass is 9.90. The third-order valence-corrected chi connectivity index (χ3v) is 5.62. The normalized spacial score (nSPS) is 14.2. The minimum Gasteiger partial charge on any atom is -0.418 e. The maximum Gasteiger partial charge on any atom is 0.247 e. The summed E-state index contributed by atoms with van der Waals surface area (Å²) in [5.41, 5.74) is 4.97. The Morgan fingerprint density at radius 1 is 0.833 bits per heavy atom. The topological polar surface area (TPSA) is 51.0 Å². The standard InChI is InChI=1S/C25H22FN3O/c26-21-15-7-6-14-20(21)23(25-29-28-24(30-25)18-10-2-1-3-11-18)27-22-16-8-12-17-9-4-5-13-19(17)22/h1-3,6-8,10-12,14-16,23,27H,4-5,9,13H2/t23-/m0/s1. The lowest BCUT2D eigenvalue weighted by Crippen LogP contribution is -2.17. The van der Waals surface area contributed by atoms with Crippen LogP contribution < -0.4 is 5.32 Å². The number of anilines is 1. The first-order valence-electron chi connectivity index (χ1n) is 10.3. The lowest BCUT2D eigenvalue weighted by molar-refractivity contribution is 0.485. The van der Waals surface area contributed by atoms with E-state index in [2.05, 4.69) is 21.6 Å². The molecule has 1 aromatic heterocycles. The highest BCUT2D eigenvalue weighted by Crippen LogP contribution is 2.34. The first kappa shape index (κ1) is 18.6. The van der Waals surface area contributed by atoms with Gasteiger partial charge in [-0.25, -0.2) is 4.39 Å². The van der Waals surface area contributed by atoms with Crippen LogP contribution in [-0.2, 0) is 12.8 Å². The number of nitrogens with one attached hydrogen (secondary N) is 1. The van der Waals surface area contributed by atoms with Crippen molar-refractivity contribution in [1.82, 2.24) is 10.2 Å². The molecule has 0 saturated heterocycles. The van der Waals surface area contributed by atoms with Crippen molar-refractivity contribution in [2.75, 3.05) is 5.32 Å². The molecule has 1 N–H and O–H groups in total. The van der Waals surface area contributed by atoms with E-state index in [1.54, 1.807) is 12.1 Å². The summed E-state index contributed by atoms with van der Waals surface area (Å²) < 4.78 is 20.8. The molecule has 0 spiro atoms. The largest absolute Gasteiger partial charge is 0.418 e. The third-order valence-electron chi connectivity index (χ3n) is 5.62. The number of hydrogen-bond acceptors (Lipinski definition) is 4. The van der Waals surface area contributed by atoms with Crippen LogP contribution in [0.5, 0.6) is 0 Å². The summed E-state index contributed by atoms with van der Waals surface area (Å²) in [6.07, 6.45) is 4.46. The highest BCUT2D eigenvalue weighted by Gasteiger charge is 2.25. The van der Waals surface area contributed by atoms with Crippen LogP contribution in [0.15, 0.2) is 77.2 Å². The minimum absolute atomic E-state index is 0.306. The van der Waals surface area contributed by atoms with Crippen molar-refractivity contribution in [3.8, 4) is 11.5 Å². The smallest absolute Gasteiger partial charge is 0.247 e. The molecular weight excluding hydrogens is 377 g/mol. The van der Waals surface area contributed by atoms with Crippen molar-refractivity contribution in [3.63, 3.8) is 0 Å². The fraction of sp³-hybridized carbons (Fsp3) is 0.200. The van der Waals surface area contributed by atoms with Gasteiger partial charge in [0.05, 0.1) is 0 Å². The highest BCUT2D eigenvalue weighted by atomic mass is 19.1. The Balaban J connectivity index is 1.56. The minimum atomic E-state index is -0.579. The van der Waals surface area contributed by atoms with Crippen LogP contribution in [0.4, 0.5) is 10.1 Å². The van der Waals surface area contributed by atoms with Gasteiger partial charge in [-0.1, -0.05) is 48.5 Å². The molecular formula is C25H22FN3O. The van der Waals surface area contributed by atoms with Crippen LogP contribution in [0, 0.1) is 5.82 Å². The Morgan fingerprint density at radius 2 is 1.63 bits per heavy atom. The van der Waals surface area contributed by atoms with Crippen molar-refractivity contribution < 1.29 is 8.81 Å². The van der Waals surface area contributed by atoms with Crippen LogP contribution in [0.1, 0.15) is 41.5 Å². The Bertz CT molecular complexity index is 1160. The van der Waals surface area contributed by atoms with Crippen molar-refractivity contribution in [2.45, 2.75) is 31.7 Å². The second-order valence-corrected chi connectivity index (χ2v) is 7.56. The van der Waals surface area contributed by atoms with Gasteiger partial charge >= 0.3 is 0 Å². The van der Waals surface area contributed by atoms with Gasteiger partial charge in [0.2, 0.25) is 11.8 Å². The van der Waals surface area contributed by atoms with Crippen LogP contribution in [-0.4, -0.2) is 10.2 Å². The molecule has 0 aliphatic heterocycles. The SMILES string of the molecule is Fc1ccccc1[C@H](Nc1cccc2c1CCCC2)c1nnc(-c2ccccc2)o1. The van der Waals surface area contributed by atoms with E-state index in [1.807, 2.05) is 48.5 Å². The maximum absolute atomic E-state index is 14.8. The molecule has 4 nitrogen and oxygen atoms in total. The van der Waals surface area contributed by atoms with Crippen LogP contribution in [0.2, 0.25) is 0 Å². The van der Waals surface area contributed by atoms with Gasteiger partial charge in [0.25, 0.3) is 0 Å². The molecule has 1 heterocycles. The monoisotopic (exact) mass is 399 g/mol. The van der Waals surface area contributed by atoms with E-state index in [1.165, 1.54) is 23.6 Å². The van der Waals surface area contributed by atoms with Crippen LogP contribution >= 0.6 is 0 Å². The Morgan fingerprint density at radius 3 is 2.50 bits per heavy atom. The van der Waals surface area contributed by atoms with Gasteiger partial charge in [0.1, 0.15) is 11.9 Å². The molecule has 0 saturated carbocycles. The average Bonchev–Trinajstić information content (AvgIpc) is 3.29. The summed E-state index contributed by atoms with van der Waals surface area (Å²) in [6.45, 7) is 0. The fourth-order valence-electron chi connectivity index (χ4n) is 4.10. The number of aromatic nitrogens is 2. The summed E-state index contributed by atoms with van der Waals surface area (Å²) in [6, 6.07) is 22.0. The molecule has 150 valence electrons. The van der Waals surface area contributed by atoms with E-state index in [0.717, 1.165) is 30.5 Å². The quantitative estimate of drug-likeness (QED) is 0.450. The first-order valence-corrected chi connectivity index (χ1v) is 10.3. The van der Waals surface area contributed by atoms with Gasteiger partial charge < -0.3 is 9.73 Å². The molecule has 1 aliphatic rings. The molecule has 0 amide bonds. The fourth-order valence-corrected chi connectivity index (χ4v) is 4.10. The van der Waals surface area contributed by atoms with Crippen LogP contribution in [0.3, 0.4) is 0 Å². The predicted molar refractivity (Wildman–Crippen MR) is 115 cm³/mol. The maximum atomic E-state index is 14.8. The first-order chi connectivity index (χ1) is 14.8. The molecule has 0 radical (unpaired) electrons. The molecule has 1 aliphatic carbocycles. The molecule has 3 aromatic carbocycles. The Labute approximate surface area is 174 Å². The molecule has 1 atom stereocenters. The summed E-state index contributed by atoms with van der Waals surface area (Å²) >= 11 is 0. The molecule has 4 aromatic rings. The number of hydrogen-bond donors (Lipinski definition) is 1. The Kier molecular flexibility index (Phi) is 5.01.